The minimum Gasteiger partial charge on any atom is -0.368 e. The van der Waals surface area contributed by atoms with Crippen LogP contribution in [0.1, 0.15) is 19.8 Å². The Morgan fingerprint density at radius 3 is 3.00 bits per heavy atom. The highest BCUT2D eigenvalue weighted by atomic mass is 16.1. The number of amides is 1. The number of nitrogens with two attached hydrogens (primary N) is 1. The Morgan fingerprint density at radius 2 is 2.26 bits per heavy atom. The number of imidazole rings is 1. The van der Waals surface area contributed by atoms with Gasteiger partial charge in [-0.25, -0.2) is 4.98 Å². The molecule has 0 fully saturated rings. The Bertz CT molecular complexity index is 549. The second-order valence-electron chi connectivity index (χ2n) is 4.62. The summed E-state index contributed by atoms with van der Waals surface area (Å²) in [4.78, 5) is 15.7. The number of rotatable bonds is 7. The van der Waals surface area contributed by atoms with Crippen LogP contribution in [0, 0.1) is 0 Å². The fraction of sp³-hybridized carbons (Fsp3) is 0.429. The number of para-hydroxylation sites is 2. The maximum absolute atomic E-state index is 11.4. The molecule has 1 heterocycles. The van der Waals surface area contributed by atoms with Gasteiger partial charge in [-0.3, -0.25) is 4.79 Å². The summed E-state index contributed by atoms with van der Waals surface area (Å²) in [5.74, 6) is -0.294. The highest BCUT2D eigenvalue weighted by molar-refractivity contribution is 5.80. The van der Waals surface area contributed by atoms with Crippen molar-refractivity contribution in [1.82, 2.24) is 14.9 Å². The monoisotopic (exact) mass is 260 g/mol. The Kier molecular flexibility index (Phi) is 4.52. The molecule has 3 N–H and O–H groups in total. The first-order valence-corrected chi connectivity index (χ1v) is 6.65. The van der Waals surface area contributed by atoms with Crippen LogP contribution >= 0.6 is 0 Å². The molecule has 0 aliphatic rings. The van der Waals surface area contributed by atoms with E-state index in [1.54, 1.807) is 0 Å². The van der Waals surface area contributed by atoms with E-state index in [0.29, 0.717) is 6.42 Å². The Balaban J connectivity index is 2.02. The zero-order chi connectivity index (χ0) is 13.7. The number of primary amides is 1. The van der Waals surface area contributed by atoms with Crippen molar-refractivity contribution in [2.45, 2.75) is 32.4 Å². The number of aryl methyl sites for hydroxylation is 1. The van der Waals surface area contributed by atoms with Gasteiger partial charge in [-0.2, -0.15) is 0 Å². The van der Waals surface area contributed by atoms with Gasteiger partial charge in [-0.15, -0.1) is 0 Å². The predicted octanol–water partition coefficient (Wildman–Crippen LogP) is 1.28. The van der Waals surface area contributed by atoms with Crippen molar-refractivity contribution in [1.29, 1.82) is 0 Å². The number of hydrogen-bond acceptors (Lipinski definition) is 3. The van der Waals surface area contributed by atoms with Gasteiger partial charge in [-0.1, -0.05) is 19.1 Å². The summed E-state index contributed by atoms with van der Waals surface area (Å²) in [6, 6.07) is 7.69. The lowest BCUT2D eigenvalue weighted by atomic mass is 10.2. The van der Waals surface area contributed by atoms with Gasteiger partial charge in [0.2, 0.25) is 5.91 Å². The standard InChI is InChI=1S/C14H20N4O/c1-2-8-16-12(14(15)19)7-9-18-10-17-11-5-3-4-6-13(11)18/h3-6,10,12,16H,2,7-9H2,1H3,(H2,15,19). The third-order valence-electron chi connectivity index (χ3n) is 3.17. The van der Waals surface area contributed by atoms with Crippen LogP contribution in [0.2, 0.25) is 0 Å². The average molecular weight is 260 g/mol. The van der Waals surface area contributed by atoms with Crippen LogP contribution in [0.25, 0.3) is 11.0 Å². The van der Waals surface area contributed by atoms with E-state index in [0.717, 1.165) is 30.5 Å². The van der Waals surface area contributed by atoms with Crippen molar-refractivity contribution >= 4 is 16.9 Å². The van der Waals surface area contributed by atoms with E-state index in [9.17, 15) is 4.79 Å². The summed E-state index contributed by atoms with van der Waals surface area (Å²) in [6.07, 6.45) is 3.47. The number of aromatic nitrogens is 2. The van der Waals surface area contributed by atoms with Gasteiger partial charge in [0.25, 0.3) is 0 Å². The number of hydrogen-bond donors (Lipinski definition) is 2. The van der Waals surface area contributed by atoms with E-state index in [-0.39, 0.29) is 11.9 Å². The van der Waals surface area contributed by atoms with Crippen LogP contribution in [0.4, 0.5) is 0 Å². The van der Waals surface area contributed by atoms with Crippen molar-refractivity contribution < 1.29 is 4.79 Å². The molecule has 0 aliphatic carbocycles. The summed E-state index contributed by atoms with van der Waals surface area (Å²) in [6.45, 7) is 3.59. The molecule has 1 unspecified atom stereocenters. The molecule has 1 amide bonds. The van der Waals surface area contributed by atoms with E-state index in [1.807, 2.05) is 30.6 Å². The minimum atomic E-state index is -0.294. The number of carbonyl (C=O) groups is 1. The third kappa shape index (κ3) is 3.32. The molecule has 19 heavy (non-hydrogen) atoms. The maximum atomic E-state index is 11.4. The first-order valence-electron chi connectivity index (χ1n) is 6.65. The van der Waals surface area contributed by atoms with Crippen LogP contribution in [0.15, 0.2) is 30.6 Å². The average Bonchev–Trinajstić information content (AvgIpc) is 2.82. The molecule has 2 rings (SSSR count). The fourth-order valence-corrected chi connectivity index (χ4v) is 2.12. The molecule has 0 radical (unpaired) electrons. The molecule has 102 valence electrons. The van der Waals surface area contributed by atoms with E-state index in [2.05, 4.69) is 21.8 Å². The van der Waals surface area contributed by atoms with Gasteiger partial charge in [0.05, 0.1) is 23.4 Å². The lowest BCUT2D eigenvalue weighted by molar-refractivity contribution is -0.120. The molecule has 0 saturated heterocycles. The second kappa shape index (κ2) is 6.33. The molecule has 2 aromatic rings. The zero-order valence-electron chi connectivity index (χ0n) is 11.2. The van der Waals surface area contributed by atoms with Crippen molar-refractivity contribution in [3.05, 3.63) is 30.6 Å². The molecule has 5 heteroatoms. The molecular weight excluding hydrogens is 240 g/mol. The first-order chi connectivity index (χ1) is 9.22. The summed E-state index contributed by atoms with van der Waals surface area (Å²) in [5, 5.41) is 3.17. The molecule has 5 nitrogen and oxygen atoms in total. The molecule has 0 bridgehead atoms. The van der Waals surface area contributed by atoms with Gasteiger partial charge in [0.1, 0.15) is 0 Å². The largest absolute Gasteiger partial charge is 0.368 e. The van der Waals surface area contributed by atoms with E-state index in [4.69, 9.17) is 5.73 Å². The molecule has 0 saturated carbocycles. The van der Waals surface area contributed by atoms with Crippen LogP contribution in [0.3, 0.4) is 0 Å². The van der Waals surface area contributed by atoms with Crippen molar-refractivity contribution in [2.75, 3.05) is 6.54 Å². The molecule has 1 aromatic carbocycles. The highest BCUT2D eigenvalue weighted by Crippen LogP contribution is 2.12. The Labute approximate surface area is 112 Å². The summed E-state index contributed by atoms with van der Waals surface area (Å²) < 4.78 is 2.05. The second-order valence-corrected chi connectivity index (χ2v) is 4.62. The topological polar surface area (TPSA) is 72.9 Å². The van der Waals surface area contributed by atoms with Crippen LogP contribution < -0.4 is 11.1 Å². The first kappa shape index (κ1) is 13.5. The van der Waals surface area contributed by atoms with Crippen LogP contribution in [0.5, 0.6) is 0 Å². The highest BCUT2D eigenvalue weighted by Gasteiger charge is 2.14. The molecule has 1 aromatic heterocycles. The van der Waals surface area contributed by atoms with Gasteiger partial charge in [0, 0.05) is 6.54 Å². The molecular formula is C14H20N4O. The van der Waals surface area contributed by atoms with Gasteiger partial charge < -0.3 is 15.6 Å². The molecule has 1 atom stereocenters. The third-order valence-corrected chi connectivity index (χ3v) is 3.17. The summed E-state index contributed by atoms with van der Waals surface area (Å²) in [5.41, 5.74) is 7.46. The Morgan fingerprint density at radius 1 is 1.47 bits per heavy atom. The number of nitrogens with zero attached hydrogens (tertiary/aromatic N) is 2. The quantitative estimate of drug-likeness (QED) is 0.787. The molecule has 0 spiro atoms. The smallest absolute Gasteiger partial charge is 0.234 e. The maximum Gasteiger partial charge on any atom is 0.234 e. The van der Waals surface area contributed by atoms with Crippen molar-refractivity contribution in [2.24, 2.45) is 5.73 Å². The zero-order valence-corrected chi connectivity index (χ0v) is 11.2. The lowest BCUT2D eigenvalue weighted by Crippen LogP contribution is -2.42. The number of nitrogens with one attached hydrogen (secondary N) is 1. The normalized spacial score (nSPS) is 12.7. The SMILES string of the molecule is CCCNC(CCn1cnc2ccccc21)C(N)=O. The van der Waals surface area contributed by atoms with Crippen LogP contribution in [-0.2, 0) is 11.3 Å². The predicted molar refractivity (Wildman–Crippen MR) is 75.6 cm³/mol. The number of fused-ring (bicyclic) bond motifs is 1. The van der Waals surface area contributed by atoms with Gasteiger partial charge in [-0.05, 0) is 31.5 Å². The van der Waals surface area contributed by atoms with Gasteiger partial charge in [0.15, 0.2) is 0 Å². The van der Waals surface area contributed by atoms with E-state index in [1.165, 1.54) is 0 Å². The van der Waals surface area contributed by atoms with Crippen molar-refractivity contribution in [3.63, 3.8) is 0 Å². The minimum absolute atomic E-state index is 0.277. The van der Waals surface area contributed by atoms with Crippen molar-refractivity contribution in [3.8, 4) is 0 Å². The molecule has 0 aliphatic heterocycles. The summed E-state index contributed by atoms with van der Waals surface area (Å²) in [7, 11) is 0. The van der Waals surface area contributed by atoms with Crippen LogP contribution in [-0.4, -0.2) is 28.0 Å². The summed E-state index contributed by atoms with van der Waals surface area (Å²) >= 11 is 0. The van der Waals surface area contributed by atoms with E-state index < -0.39 is 0 Å². The van der Waals surface area contributed by atoms with E-state index >= 15 is 0 Å². The number of benzene rings is 1. The lowest BCUT2D eigenvalue weighted by Gasteiger charge is -2.15. The number of carbonyl (C=O) groups excluding carboxylic acids is 1. The van der Waals surface area contributed by atoms with Gasteiger partial charge >= 0.3 is 0 Å². The Hall–Kier alpha value is -1.88. The fourth-order valence-electron chi connectivity index (χ4n) is 2.12.